The van der Waals surface area contributed by atoms with Crippen LogP contribution in [0.15, 0.2) is 0 Å². The molecular weight excluding hydrogens is 205 g/mol. The van der Waals surface area contributed by atoms with Gasteiger partial charge in [0.1, 0.15) is 6.04 Å². The summed E-state index contributed by atoms with van der Waals surface area (Å²) in [5.74, 6) is -0.961. The van der Waals surface area contributed by atoms with E-state index in [1.54, 1.807) is 0 Å². The van der Waals surface area contributed by atoms with Crippen LogP contribution in [0.1, 0.15) is 38.5 Å². The number of rotatable bonds is 4. The summed E-state index contributed by atoms with van der Waals surface area (Å²) in [6, 6.07) is -0.524. The van der Waals surface area contributed by atoms with Crippen molar-refractivity contribution in [3.8, 4) is 0 Å². The van der Waals surface area contributed by atoms with Gasteiger partial charge in [-0.25, -0.2) is 0 Å². The molecule has 4 nitrogen and oxygen atoms in total. The van der Waals surface area contributed by atoms with Crippen LogP contribution in [-0.4, -0.2) is 64.4 Å². The van der Waals surface area contributed by atoms with Gasteiger partial charge >= 0.3 is 5.97 Å². The molecule has 5 heteroatoms. The van der Waals surface area contributed by atoms with Gasteiger partial charge in [0.05, 0.1) is 6.61 Å². The van der Waals surface area contributed by atoms with Gasteiger partial charge in [0.15, 0.2) is 0 Å². The Labute approximate surface area is 113 Å². The average molecular weight is 224 g/mol. The molecule has 0 aromatic heterocycles. The van der Waals surface area contributed by atoms with Gasteiger partial charge in [-0.3, -0.25) is 10.1 Å². The fourth-order valence-electron chi connectivity index (χ4n) is 1.93. The molecule has 0 saturated heterocycles. The monoisotopic (exact) mass is 224 g/mol. The molecule has 1 aliphatic carbocycles. The molecule has 0 aromatic carbocycles. The number of carbonyl (C=O) groups is 1. The Kier molecular flexibility index (Phi) is 8.75. The number of aliphatic hydroxyl groups is 1. The molecule has 1 atom stereocenters. The first-order valence-corrected chi connectivity index (χ1v) is 5.33. The molecule has 83 valence electrons. The Hall–Kier alpha value is 0.390. The van der Waals surface area contributed by atoms with Gasteiger partial charge in [0, 0.05) is 35.6 Å². The van der Waals surface area contributed by atoms with Gasteiger partial charge in [-0.05, 0) is 12.8 Å². The van der Waals surface area contributed by atoms with Crippen molar-refractivity contribution in [2.75, 3.05) is 6.61 Å². The van der Waals surface area contributed by atoms with Crippen molar-refractivity contribution in [3.05, 3.63) is 0 Å². The van der Waals surface area contributed by atoms with Gasteiger partial charge in [-0.1, -0.05) is 25.7 Å². The molecule has 1 aliphatic rings. The van der Waals surface area contributed by atoms with E-state index in [9.17, 15) is 4.79 Å². The summed E-state index contributed by atoms with van der Waals surface area (Å²) in [4.78, 5) is 10.7. The molecule has 1 fully saturated rings. The Morgan fingerprint density at radius 3 is 2.20 bits per heavy atom. The molecule has 3 N–H and O–H groups in total. The Morgan fingerprint density at radius 2 is 1.80 bits per heavy atom. The standard InChI is InChI=1S/C10H19NO3.Na/c12-7-9(10(13)14)11-8-5-3-1-2-4-6-8;/h8-9,11-12H,1-7H2,(H,13,14);. The van der Waals surface area contributed by atoms with Crippen LogP contribution in [0.5, 0.6) is 0 Å². The zero-order valence-electron chi connectivity index (χ0n) is 9.41. The first-order valence-electron chi connectivity index (χ1n) is 5.33. The maximum absolute atomic E-state index is 10.7. The van der Waals surface area contributed by atoms with E-state index in [4.69, 9.17) is 10.2 Å². The third kappa shape index (κ3) is 5.88. The maximum Gasteiger partial charge on any atom is 0.323 e. The van der Waals surface area contributed by atoms with Crippen LogP contribution in [-0.2, 0) is 4.79 Å². The SMILES string of the molecule is O=C(O)C(CO)NC1CCCCCC1.[Na]. The van der Waals surface area contributed by atoms with E-state index >= 15 is 0 Å². The first kappa shape index (κ1) is 15.4. The number of hydrogen-bond donors (Lipinski definition) is 3. The van der Waals surface area contributed by atoms with E-state index in [2.05, 4.69) is 5.32 Å². The van der Waals surface area contributed by atoms with Crippen molar-refractivity contribution < 1.29 is 15.0 Å². The molecule has 15 heavy (non-hydrogen) atoms. The van der Waals surface area contributed by atoms with E-state index in [0.29, 0.717) is 0 Å². The van der Waals surface area contributed by atoms with Crippen LogP contribution < -0.4 is 5.32 Å². The summed E-state index contributed by atoms with van der Waals surface area (Å²) < 4.78 is 0. The first-order chi connectivity index (χ1) is 6.74. The minimum Gasteiger partial charge on any atom is -0.480 e. The Morgan fingerprint density at radius 1 is 1.27 bits per heavy atom. The molecule has 1 unspecified atom stereocenters. The molecule has 0 aliphatic heterocycles. The van der Waals surface area contributed by atoms with Crippen LogP contribution in [0.25, 0.3) is 0 Å². The third-order valence-corrected chi connectivity index (χ3v) is 2.77. The quantitative estimate of drug-likeness (QED) is 0.476. The number of aliphatic carboxylic acids is 1. The summed E-state index contributed by atoms with van der Waals surface area (Å²) in [6.45, 7) is -0.328. The van der Waals surface area contributed by atoms with Crippen molar-refractivity contribution in [2.24, 2.45) is 0 Å². The van der Waals surface area contributed by atoms with Gasteiger partial charge in [-0.15, -0.1) is 0 Å². The number of carboxylic acids is 1. The predicted molar refractivity (Wildman–Crippen MR) is 58.9 cm³/mol. The number of nitrogens with one attached hydrogen (secondary N) is 1. The maximum atomic E-state index is 10.7. The normalized spacial score (nSPS) is 20.1. The van der Waals surface area contributed by atoms with Crippen molar-refractivity contribution >= 4 is 35.5 Å². The molecule has 1 radical (unpaired) electrons. The largest absolute Gasteiger partial charge is 0.480 e. The van der Waals surface area contributed by atoms with E-state index in [-0.39, 0.29) is 42.2 Å². The zero-order chi connectivity index (χ0) is 10.4. The Balaban J connectivity index is 0.00000196. The van der Waals surface area contributed by atoms with E-state index in [0.717, 1.165) is 25.7 Å². The van der Waals surface area contributed by atoms with Crippen LogP contribution in [0.4, 0.5) is 0 Å². The molecule has 0 spiro atoms. The van der Waals surface area contributed by atoms with Crippen molar-refractivity contribution in [1.82, 2.24) is 5.32 Å². The fraction of sp³-hybridized carbons (Fsp3) is 0.900. The van der Waals surface area contributed by atoms with Gasteiger partial charge in [-0.2, -0.15) is 0 Å². The number of aliphatic hydroxyl groups excluding tert-OH is 1. The molecule has 0 heterocycles. The van der Waals surface area contributed by atoms with Crippen LogP contribution >= 0.6 is 0 Å². The molecule has 0 aromatic rings. The molecule has 0 bridgehead atoms. The smallest absolute Gasteiger partial charge is 0.323 e. The zero-order valence-corrected chi connectivity index (χ0v) is 11.4. The van der Waals surface area contributed by atoms with E-state index in [1.165, 1.54) is 12.8 Å². The minimum atomic E-state index is -0.961. The second kappa shape index (κ2) is 8.53. The van der Waals surface area contributed by atoms with Gasteiger partial charge < -0.3 is 10.2 Å². The summed E-state index contributed by atoms with van der Waals surface area (Å²) in [6.07, 6.45) is 6.88. The molecular formula is C10H19NNaO3. The predicted octanol–water partition coefficient (Wildman–Crippen LogP) is 0.363. The Bertz CT molecular complexity index is 182. The van der Waals surface area contributed by atoms with Crippen molar-refractivity contribution in [2.45, 2.75) is 50.6 Å². The van der Waals surface area contributed by atoms with E-state index in [1.807, 2.05) is 0 Å². The fourth-order valence-corrected chi connectivity index (χ4v) is 1.93. The summed E-state index contributed by atoms with van der Waals surface area (Å²) >= 11 is 0. The molecule has 1 saturated carbocycles. The second-order valence-corrected chi connectivity index (χ2v) is 3.93. The van der Waals surface area contributed by atoms with E-state index < -0.39 is 12.0 Å². The van der Waals surface area contributed by atoms with Crippen molar-refractivity contribution in [3.63, 3.8) is 0 Å². The van der Waals surface area contributed by atoms with Crippen molar-refractivity contribution in [1.29, 1.82) is 0 Å². The topological polar surface area (TPSA) is 69.6 Å². The van der Waals surface area contributed by atoms with Gasteiger partial charge in [0.25, 0.3) is 0 Å². The summed E-state index contributed by atoms with van der Waals surface area (Å²) in [5.41, 5.74) is 0. The van der Waals surface area contributed by atoms with Crippen LogP contribution in [0.2, 0.25) is 0 Å². The molecule has 0 amide bonds. The second-order valence-electron chi connectivity index (χ2n) is 3.93. The van der Waals surface area contributed by atoms with Gasteiger partial charge in [0.2, 0.25) is 0 Å². The summed E-state index contributed by atoms with van der Waals surface area (Å²) in [5, 5.41) is 20.6. The number of hydrogen-bond acceptors (Lipinski definition) is 3. The minimum absolute atomic E-state index is 0. The molecule has 1 rings (SSSR count). The van der Waals surface area contributed by atoms with Crippen LogP contribution in [0.3, 0.4) is 0 Å². The van der Waals surface area contributed by atoms with Crippen LogP contribution in [0, 0.1) is 0 Å². The number of carboxylic acid groups (broad SMARTS) is 1. The summed E-state index contributed by atoms with van der Waals surface area (Å²) in [7, 11) is 0. The average Bonchev–Trinajstić information content (AvgIpc) is 2.41. The third-order valence-electron chi connectivity index (χ3n) is 2.77.